The summed E-state index contributed by atoms with van der Waals surface area (Å²) < 4.78 is 0. The summed E-state index contributed by atoms with van der Waals surface area (Å²) in [4.78, 5) is 0. The van der Waals surface area contributed by atoms with Gasteiger partial charge in [-0.05, 0) is 47.2 Å². The van der Waals surface area contributed by atoms with Crippen LogP contribution in [0.25, 0.3) is 33.4 Å². The maximum atomic E-state index is 9.86. The number of nitriles is 2. The van der Waals surface area contributed by atoms with Crippen LogP contribution in [0.3, 0.4) is 0 Å². The molecule has 2 heteroatoms. The number of aryl methyl sites for hydroxylation is 2. The van der Waals surface area contributed by atoms with Crippen molar-refractivity contribution in [1.29, 1.82) is 10.5 Å². The zero-order valence-corrected chi connectivity index (χ0v) is 18.1. The molecular weight excluding hydrogens is 388 g/mol. The summed E-state index contributed by atoms with van der Waals surface area (Å²) >= 11 is 0. The Kier molecular flexibility index (Phi) is 5.98. The van der Waals surface area contributed by atoms with Crippen LogP contribution in [0, 0.1) is 36.5 Å². The third kappa shape index (κ3) is 4.36. The molecule has 152 valence electrons. The van der Waals surface area contributed by atoms with Gasteiger partial charge in [0, 0.05) is 0 Å². The predicted molar refractivity (Wildman–Crippen MR) is 131 cm³/mol. The maximum Gasteiger partial charge on any atom is 0.101 e. The fourth-order valence-corrected chi connectivity index (χ4v) is 3.68. The Bertz CT molecular complexity index is 1230. The molecule has 0 bridgehead atoms. The summed E-state index contributed by atoms with van der Waals surface area (Å²) in [6, 6.07) is 36.8. The van der Waals surface area contributed by atoms with Crippen molar-refractivity contribution >= 4 is 11.1 Å². The molecule has 0 aliphatic heterocycles. The fourth-order valence-electron chi connectivity index (χ4n) is 3.68. The largest absolute Gasteiger partial charge is 0.192 e. The summed E-state index contributed by atoms with van der Waals surface area (Å²) in [5.74, 6) is 0. The minimum atomic E-state index is 0.381. The van der Waals surface area contributed by atoms with Crippen molar-refractivity contribution < 1.29 is 0 Å². The Hall–Kier alpha value is -4.40. The maximum absolute atomic E-state index is 9.86. The van der Waals surface area contributed by atoms with Crippen molar-refractivity contribution in [1.82, 2.24) is 0 Å². The highest BCUT2D eigenvalue weighted by Crippen LogP contribution is 2.29. The number of hydrogen-bond donors (Lipinski definition) is 0. The third-order valence-electron chi connectivity index (χ3n) is 5.59. The number of benzene rings is 4. The molecule has 0 aromatic heterocycles. The van der Waals surface area contributed by atoms with Gasteiger partial charge in [-0.3, -0.25) is 0 Å². The first-order chi connectivity index (χ1) is 15.6. The van der Waals surface area contributed by atoms with E-state index in [4.69, 9.17) is 0 Å². The van der Waals surface area contributed by atoms with E-state index in [-0.39, 0.29) is 0 Å². The van der Waals surface area contributed by atoms with Gasteiger partial charge in [0.15, 0.2) is 0 Å². The molecule has 4 aromatic rings. The lowest BCUT2D eigenvalue weighted by Crippen LogP contribution is -1.90. The average Bonchev–Trinajstić information content (AvgIpc) is 2.84. The van der Waals surface area contributed by atoms with Crippen LogP contribution in [0.15, 0.2) is 97.1 Å². The molecule has 0 saturated heterocycles. The Labute approximate surface area is 189 Å². The Morgan fingerprint density at radius 2 is 0.688 bits per heavy atom. The van der Waals surface area contributed by atoms with Gasteiger partial charge in [0.1, 0.15) is 12.1 Å². The van der Waals surface area contributed by atoms with Crippen molar-refractivity contribution in [3.05, 3.63) is 119 Å². The van der Waals surface area contributed by atoms with Crippen LogP contribution in [0.4, 0.5) is 0 Å². The molecule has 0 aliphatic rings. The molecule has 0 atom stereocenters. The van der Waals surface area contributed by atoms with Crippen LogP contribution in [0.5, 0.6) is 0 Å². The summed E-state index contributed by atoms with van der Waals surface area (Å²) in [5.41, 5.74) is 9.06. The number of nitrogens with zero attached hydrogens (tertiary/aromatic N) is 2. The second-order valence-electron chi connectivity index (χ2n) is 7.86. The van der Waals surface area contributed by atoms with E-state index >= 15 is 0 Å². The van der Waals surface area contributed by atoms with Gasteiger partial charge in [-0.15, -0.1) is 0 Å². The van der Waals surface area contributed by atoms with E-state index in [1.807, 2.05) is 48.5 Å². The van der Waals surface area contributed by atoms with E-state index in [9.17, 15) is 10.5 Å². The van der Waals surface area contributed by atoms with Crippen LogP contribution in [-0.4, -0.2) is 0 Å². The summed E-state index contributed by atoms with van der Waals surface area (Å²) in [7, 11) is 0. The fraction of sp³-hybridized carbons (Fsp3) is 0.0667. The van der Waals surface area contributed by atoms with Crippen molar-refractivity contribution in [3.8, 4) is 34.4 Å². The summed E-state index contributed by atoms with van der Waals surface area (Å²) in [6.07, 6.45) is 0. The van der Waals surface area contributed by atoms with Crippen LogP contribution < -0.4 is 0 Å². The summed E-state index contributed by atoms with van der Waals surface area (Å²) in [5, 5.41) is 19.7. The van der Waals surface area contributed by atoms with Crippen LogP contribution in [0.2, 0.25) is 0 Å². The lowest BCUT2D eigenvalue weighted by atomic mass is 9.93. The Morgan fingerprint density at radius 1 is 0.438 bits per heavy atom. The van der Waals surface area contributed by atoms with Crippen molar-refractivity contribution in [2.75, 3.05) is 0 Å². The second kappa shape index (κ2) is 9.17. The molecule has 0 spiro atoms. The SMILES string of the molecule is Cc1ccc(-c2ccc(/C(C#N)=C(\C#N)c3ccc(-c4ccc(C)cc4)cc3)cc2)cc1. The second-order valence-corrected chi connectivity index (χ2v) is 7.86. The highest BCUT2D eigenvalue weighted by molar-refractivity contribution is 6.03. The van der Waals surface area contributed by atoms with Crippen molar-refractivity contribution in [2.24, 2.45) is 0 Å². The molecule has 0 heterocycles. The molecule has 0 unspecified atom stereocenters. The lowest BCUT2D eigenvalue weighted by molar-refractivity contribution is 1.46. The predicted octanol–water partition coefficient (Wildman–Crippen LogP) is 7.60. The number of hydrogen-bond acceptors (Lipinski definition) is 2. The number of allylic oxidation sites excluding steroid dienone is 2. The molecule has 0 saturated carbocycles. The first-order valence-electron chi connectivity index (χ1n) is 10.5. The van der Waals surface area contributed by atoms with Gasteiger partial charge in [0.05, 0.1) is 11.1 Å². The van der Waals surface area contributed by atoms with Gasteiger partial charge in [-0.2, -0.15) is 10.5 Å². The molecule has 0 fully saturated rings. The van der Waals surface area contributed by atoms with Crippen molar-refractivity contribution in [3.63, 3.8) is 0 Å². The molecular formula is C30H22N2. The zero-order chi connectivity index (χ0) is 22.5. The monoisotopic (exact) mass is 410 g/mol. The standard InChI is InChI=1S/C30H22N2/c1-21-3-7-23(8-4-21)25-11-15-27(16-12-25)29(19-31)30(20-32)28-17-13-26(14-18-28)24-9-5-22(2)6-10-24/h3-18H,1-2H3/b30-29+. The van der Waals surface area contributed by atoms with E-state index in [1.54, 1.807) is 0 Å². The van der Waals surface area contributed by atoms with Gasteiger partial charge >= 0.3 is 0 Å². The molecule has 4 aromatic carbocycles. The average molecular weight is 411 g/mol. The van der Waals surface area contributed by atoms with Crippen LogP contribution in [0.1, 0.15) is 22.3 Å². The molecule has 32 heavy (non-hydrogen) atoms. The summed E-state index contributed by atoms with van der Waals surface area (Å²) in [6.45, 7) is 4.13. The third-order valence-corrected chi connectivity index (χ3v) is 5.59. The molecule has 4 rings (SSSR count). The van der Waals surface area contributed by atoms with Gasteiger partial charge in [-0.1, -0.05) is 108 Å². The zero-order valence-electron chi connectivity index (χ0n) is 18.1. The lowest BCUT2D eigenvalue weighted by Gasteiger charge is -2.08. The van der Waals surface area contributed by atoms with Crippen LogP contribution in [-0.2, 0) is 0 Å². The van der Waals surface area contributed by atoms with Gasteiger partial charge in [0.25, 0.3) is 0 Å². The first-order valence-corrected chi connectivity index (χ1v) is 10.5. The van der Waals surface area contributed by atoms with Gasteiger partial charge in [0.2, 0.25) is 0 Å². The molecule has 0 radical (unpaired) electrons. The highest BCUT2D eigenvalue weighted by Gasteiger charge is 2.12. The van der Waals surface area contributed by atoms with Crippen molar-refractivity contribution in [2.45, 2.75) is 13.8 Å². The highest BCUT2D eigenvalue weighted by atomic mass is 14.3. The smallest absolute Gasteiger partial charge is 0.101 e. The van der Waals surface area contributed by atoms with E-state index in [0.29, 0.717) is 11.1 Å². The van der Waals surface area contributed by atoms with E-state index in [2.05, 4.69) is 74.5 Å². The molecule has 0 aliphatic carbocycles. The van der Waals surface area contributed by atoms with Crippen LogP contribution >= 0.6 is 0 Å². The first kappa shape index (κ1) is 20.9. The normalized spacial score (nSPS) is 11.2. The van der Waals surface area contributed by atoms with Gasteiger partial charge < -0.3 is 0 Å². The van der Waals surface area contributed by atoms with E-state index < -0.39 is 0 Å². The Balaban J connectivity index is 1.67. The number of rotatable bonds is 4. The van der Waals surface area contributed by atoms with E-state index in [0.717, 1.165) is 33.4 Å². The topological polar surface area (TPSA) is 47.6 Å². The Morgan fingerprint density at radius 3 is 0.938 bits per heavy atom. The molecule has 0 N–H and O–H groups in total. The molecule has 2 nitrogen and oxygen atoms in total. The quantitative estimate of drug-likeness (QED) is 0.257. The van der Waals surface area contributed by atoms with Gasteiger partial charge in [-0.25, -0.2) is 0 Å². The minimum Gasteiger partial charge on any atom is -0.192 e. The van der Waals surface area contributed by atoms with E-state index in [1.165, 1.54) is 11.1 Å². The minimum absolute atomic E-state index is 0.381. The molecule has 0 amide bonds.